The Balaban J connectivity index is 2.84. The molecule has 0 fully saturated rings. The minimum atomic E-state index is -0.491. The molecule has 0 atom stereocenters. The lowest BCUT2D eigenvalue weighted by Crippen LogP contribution is -2.34. The Morgan fingerprint density at radius 1 is 1.26 bits per heavy atom. The fourth-order valence-electron chi connectivity index (χ4n) is 2.47. The monoisotopic (exact) mass is 320 g/mol. The van der Waals surface area contributed by atoms with Gasteiger partial charge in [-0.1, -0.05) is 0 Å². The van der Waals surface area contributed by atoms with Crippen LogP contribution in [-0.2, 0) is 0 Å². The van der Waals surface area contributed by atoms with Gasteiger partial charge in [-0.3, -0.25) is 9.59 Å². The van der Waals surface area contributed by atoms with Gasteiger partial charge in [0.2, 0.25) is 5.43 Å². The molecule has 2 rings (SSSR count). The number of fused-ring (bicyclic) bond motifs is 1. The van der Waals surface area contributed by atoms with Crippen molar-refractivity contribution in [3.63, 3.8) is 0 Å². The van der Waals surface area contributed by atoms with Gasteiger partial charge >= 0.3 is 0 Å². The predicted molar refractivity (Wildman–Crippen MR) is 87.6 cm³/mol. The summed E-state index contributed by atoms with van der Waals surface area (Å²) in [6.45, 7) is 4.27. The second-order valence-electron chi connectivity index (χ2n) is 4.91. The number of carbonyl (C=O) groups excluding carboxylic acids is 1. The van der Waals surface area contributed by atoms with Crippen molar-refractivity contribution in [2.24, 2.45) is 0 Å². The van der Waals surface area contributed by atoms with Crippen LogP contribution in [0.15, 0.2) is 21.3 Å². The van der Waals surface area contributed by atoms with Gasteiger partial charge in [-0.2, -0.15) is 0 Å². The molecule has 1 heterocycles. The highest BCUT2D eigenvalue weighted by Gasteiger charge is 2.24. The SMILES string of the molecule is [2H]Cc1oc2cc(OC)cc(OC)c2c(=O)c1C(=O)N(CC)CC. The van der Waals surface area contributed by atoms with Crippen LogP contribution in [0, 0.1) is 6.90 Å². The molecular weight excluding hydrogens is 298 g/mol. The minimum absolute atomic E-state index is 0.0414. The van der Waals surface area contributed by atoms with E-state index in [-0.39, 0.29) is 34.9 Å². The summed E-state index contributed by atoms with van der Waals surface area (Å²) < 4.78 is 23.7. The smallest absolute Gasteiger partial charge is 0.261 e. The van der Waals surface area contributed by atoms with Gasteiger partial charge < -0.3 is 18.8 Å². The molecule has 0 aliphatic rings. The Morgan fingerprint density at radius 3 is 2.48 bits per heavy atom. The quantitative estimate of drug-likeness (QED) is 0.847. The van der Waals surface area contributed by atoms with E-state index in [1.54, 1.807) is 12.1 Å². The van der Waals surface area contributed by atoms with Crippen LogP contribution in [-0.4, -0.2) is 38.1 Å². The third-order valence-corrected chi connectivity index (χ3v) is 3.73. The number of hydrogen-bond acceptors (Lipinski definition) is 5. The number of amides is 1. The van der Waals surface area contributed by atoms with Crippen molar-refractivity contribution in [2.45, 2.75) is 20.7 Å². The van der Waals surface area contributed by atoms with Crippen molar-refractivity contribution in [1.82, 2.24) is 4.90 Å². The zero-order valence-corrected chi connectivity index (χ0v) is 13.8. The van der Waals surface area contributed by atoms with Gasteiger partial charge in [0.1, 0.15) is 33.8 Å². The number of benzene rings is 1. The second-order valence-corrected chi connectivity index (χ2v) is 4.91. The maximum Gasteiger partial charge on any atom is 0.261 e. The molecule has 0 radical (unpaired) electrons. The van der Waals surface area contributed by atoms with Crippen molar-refractivity contribution >= 4 is 16.9 Å². The first-order valence-electron chi connectivity index (χ1n) is 8.03. The molecule has 124 valence electrons. The van der Waals surface area contributed by atoms with E-state index in [4.69, 9.17) is 15.3 Å². The fraction of sp³-hybridized carbons (Fsp3) is 0.412. The molecule has 0 unspecified atom stereocenters. The van der Waals surface area contributed by atoms with Crippen molar-refractivity contribution in [1.29, 1.82) is 0 Å². The number of aryl methyl sites for hydroxylation is 1. The number of hydrogen-bond donors (Lipinski definition) is 0. The molecule has 0 aliphatic heterocycles. The summed E-state index contributed by atoms with van der Waals surface area (Å²) in [4.78, 5) is 27.2. The first-order valence-corrected chi connectivity index (χ1v) is 7.32. The van der Waals surface area contributed by atoms with E-state index in [1.165, 1.54) is 19.1 Å². The van der Waals surface area contributed by atoms with Crippen molar-refractivity contribution in [2.75, 3.05) is 27.3 Å². The summed E-state index contributed by atoms with van der Waals surface area (Å²) in [6, 6.07) is 3.11. The van der Waals surface area contributed by atoms with Gasteiger partial charge in [0.05, 0.1) is 14.2 Å². The van der Waals surface area contributed by atoms with Crippen molar-refractivity contribution < 1.29 is 20.1 Å². The summed E-state index contributed by atoms with van der Waals surface area (Å²) in [7, 11) is 2.92. The summed E-state index contributed by atoms with van der Waals surface area (Å²) in [5.74, 6) is 0.333. The topological polar surface area (TPSA) is 69.0 Å². The number of ether oxygens (including phenoxy) is 2. The predicted octanol–water partition coefficient (Wildman–Crippen LogP) is 2.60. The van der Waals surface area contributed by atoms with Crippen LogP contribution in [0.5, 0.6) is 11.5 Å². The Hall–Kier alpha value is -2.50. The van der Waals surface area contributed by atoms with E-state index in [1.807, 2.05) is 13.8 Å². The first kappa shape index (κ1) is 15.4. The van der Waals surface area contributed by atoms with Crippen molar-refractivity contribution in [3.05, 3.63) is 33.7 Å². The summed E-state index contributed by atoms with van der Waals surface area (Å²) in [5, 5.41) is 0.172. The van der Waals surface area contributed by atoms with E-state index in [0.29, 0.717) is 18.8 Å². The van der Waals surface area contributed by atoms with E-state index in [0.717, 1.165) is 0 Å². The number of nitrogens with zero attached hydrogens (tertiary/aromatic N) is 1. The molecule has 0 aliphatic carbocycles. The Kier molecular flexibility index (Phi) is 4.50. The molecule has 1 aromatic heterocycles. The lowest BCUT2D eigenvalue weighted by molar-refractivity contribution is 0.0768. The highest BCUT2D eigenvalue weighted by molar-refractivity contribution is 5.99. The largest absolute Gasteiger partial charge is 0.496 e. The van der Waals surface area contributed by atoms with Crippen LogP contribution in [0.4, 0.5) is 0 Å². The maximum absolute atomic E-state index is 13.0. The van der Waals surface area contributed by atoms with Crippen LogP contribution in [0.25, 0.3) is 11.0 Å². The van der Waals surface area contributed by atoms with Gasteiger partial charge in [-0.15, -0.1) is 0 Å². The molecule has 1 aromatic carbocycles. The van der Waals surface area contributed by atoms with Crippen LogP contribution >= 0.6 is 0 Å². The van der Waals surface area contributed by atoms with Crippen molar-refractivity contribution in [3.8, 4) is 11.5 Å². The molecule has 0 bridgehead atoms. The minimum Gasteiger partial charge on any atom is -0.496 e. The Bertz CT molecular complexity index is 811. The normalized spacial score (nSPS) is 11.2. The van der Waals surface area contributed by atoms with Crippen LogP contribution in [0.3, 0.4) is 0 Å². The van der Waals surface area contributed by atoms with Crippen LogP contribution in [0.1, 0.15) is 31.3 Å². The number of carbonyl (C=O) groups is 1. The molecule has 0 N–H and O–H groups in total. The summed E-state index contributed by atoms with van der Waals surface area (Å²) in [5.41, 5.74) is -0.367. The average Bonchev–Trinajstić information content (AvgIpc) is 2.60. The third-order valence-electron chi connectivity index (χ3n) is 3.73. The van der Waals surface area contributed by atoms with Gasteiger partial charge in [-0.25, -0.2) is 0 Å². The summed E-state index contributed by atoms with van der Waals surface area (Å²) >= 11 is 0. The maximum atomic E-state index is 13.0. The van der Waals surface area contributed by atoms with E-state index in [9.17, 15) is 9.59 Å². The van der Waals surface area contributed by atoms with E-state index >= 15 is 0 Å². The zero-order chi connectivity index (χ0) is 17.9. The van der Waals surface area contributed by atoms with Crippen LogP contribution in [0.2, 0.25) is 0 Å². The molecule has 2 aromatic rings. The fourth-order valence-corrected chi connectivity index (χ4v) is 2.47. The molecule has 0 saturated carbocycles. The second kappa shape index (κ2) is 6.73. The third kappa shape index (κ3) is 2.88. The highest BCUT2D eigenvalue weighted by atomic mass is 16.5. The number of rotatable bonds is 5. The molecule has 23 heavy (non-hydrogen) atoms. The molecule has 0 saturated heterocycles. The molecule has 6 nitrogen and oxygen atoms in total. The van der Waals surface area contributed by atoms with E-state index < -0.39 is 11.3 Å². The Labute approximate surface area is 136 Å². The van der Waals surface area contributed by atoms with Gasteiger partial charge in [0, 0.05) is 26.6 Å². The molecular formula is C17H21NO5. The Morgan fingerprint density at radius 2 is 1.96 bits per heavy atom. The summed E-state index contributed by atoms with van der Waals surface area (Å²) in [6.07, 6.45) is 0. The standard InChI is InChI=1S/C17H21NO5/c1-6-18(7-2)17(20)14-10(3)23-13-9-11(21-4)8-12(22-5)15(13)16(14)19/h8-9H,6-7H2,1-5H3/i3D. The van der Waals surface area contributed by atoms with Gasteiger partial charge in [-0.05, 0) is 20.7 Å². The van der Waals surface area contributed by atoms with E-state index in [2.05, 4.69) is 0 Å². The molecule has 1 amide bonds. The lowest BCUT2D eigenvalue weighted by Gasteiger charge is -2.19. The van der Waals surface area contributed by atoms with Crippen LogP contribution < -0.4 is 14.9 Å². The van der Waals surface area contributed by atoms with Gasteiger partial charge in [0.25, 0.3) is 5.91 Å². The van der Waals surface area contributed by atoms with Gasteiger partial charge in [0.15, 0.2) is 0 Å². The number of methoxy groups -OCH3 is 2. The first-order chi connectivity index (χ1) is 11.5. The molecule has 0 spiro atoms. The average molecular weight is 320 g/mol. The zero-order valence-electron chi connectivity index (χ0n) is 14.8. The lowest BCUT2D eigenvalue weighted by atomic mass is 10.1. The molecule has 6 heteroatoms. The highest BCUT2D eigenvalue weighted by Crippen LogP contribution is 2.30.